The molecule has 0 spiro atoms. The number of methoxy groups -OCH3 is 1. The minimum Gasteiger partial charge on any atom is -0.496 e. The summed E-state index contributed by atoms with van der Waals surface area (Å²) >= 11 is 11.0. The first-order valence-corrected chi connectivity index (χ1v) is 9.23. The molecule has 0 aliphatic heterocycles. The molecule has 0 saturated carbocycles. The highest BCUT2D eigenvalue weighted by atomic mass is 35.5. The molecule has 0 fully saturated rings. The summed E-state index contributed by atoms with van der Waals surface area (Å²) in [7, 11) is 1.55. The van der Waals surface area contributed by atoms with Crippen molar-refractivity contribution < 1.29 is 18.3 Å². The summed E-state index contributed by atoms with van der Waals surface area (Å²) in [6, 6.07) is 10.7. The largest absolute Gasteiger partial charge is 0.496 e. The summed E-state index contributed by atoms with van der Waals surface area (Å²) in [5.74, 6) is 0.738. The van der Waals surface area contributed by atoms with Gasteiger partial charge in [0.25, 0.3) is 6.43 Å². The number of ether oxygens (including phenoxy) is 2. The molecule has 0 atom stereocenters. The van der Waals surface area contributed by atoms with Gasteiger partial charge in [-0.2, -0.15) is 14.9 Å². The van der Waals surface area contributed by atoms with E-state index in [2.05, 4.69) is 15.3 Å². The van der Waals surface area contributed by atoms with Crippen LogP contribution >= 0.6 is 23.8 Å². The summed E-state index contributed by atoms with van der Waals surface area (Å²) < 4.78 is 38.0. The number of H-pyrrole nitrogens is 1. The standard InChI is InChI=1S/C19H17ClF2N4O2S/c1-11-7-14(4-5-15(11)20)28-10-13-8-12(3-6-16(13)27-2)9-23-26-18(17(21)22)24-25-19(26)29/h3-9,17H,10H2,1-2H3,(H,25,29)/b23-9-. The molecular formula is C19H17ClF2N4O2S. The van der Waals surface area contributed by atoms with Crippen LogP contribution in [0.1, 0.15) is 28.9 Å². The van der Waals surface area contributed by atoms with Crippen LogP contribution in [0.4, 0.5) is 8.78 Å². The van der Waals surface area contributed by atoms with E-state index in [9.17, 15) is 8.78 Å². The Labute approximate surface area is 175 Å². The fourth-order valence-electron chi connectivity index (χ4n) is 2.54. The zero-order valence-electron chi connectivity index (χ0n) is 15.5. The summed E-state index contributed by atoms with van der Waals surface area (Å²) in [5, 5.41) is 10.5. The molecule has 152 valence electrons. The fraction of sp³-hybridized carbons (Fsp3) is 0.211. The number of halogens is 3. The Morgan fingerprint density at radius 3 is 2.79 bits per heavy atom. The van der Waals surface area contributed by atoms with Crippen LogP contribution in [0.3, 0.4) is 0 Å². The molecule has 0 amide bonds. The van der Waals surface area contributed by atoms with Gasteiger partial charge in [0, 0.05) is 10.6 Å². The van der Waals surface area contributed by atoms with Crippen LogP contribution in [-0.2, 0) is 6.61 Å². The lowest BCUT2D eigenvalue weighted by atomic mass is 10.1. The van der Waals surface area contributed by atoms with Crippen LogP contribution in [0.25, 0.3) is 0 Å². The molecule has 0 aliphatic rings. The van der Waals surface area contributed by atoms with Gasteiger partial charge in [-0.05, 0) is 66.7 Å². The molecule has 0 unspecified atom stereocenters. The van der Waals surface area contributed by atoms with Gasteiger partial charge in [0.05, 0.1) is 13.3 Å². The third-order valence-electron chi connectivity index (χ3n) is 4.02. The Balaban J connectivity index is 1.82. The minimum absolute atomic E-state index is 0.0215. The van der Waals surface area contributed by atoms with Crippen molar-refractivity contribution in [1.82, 2.24) is 14.9 Å². The minimum atomic E-state index is -2.80. The van der Waals surface area contributed by atoms with Crippen molar-refractivity contribution in [3.05, 3.63) is 68.7 Å². The predicted octanol–water partition coefficient (Wildman–Crippen LogP) is 5.31. The van der Waals surface area contributed by atoms with Crippen molar-refractivity contribution in [3.63, 3.8) is 0 Å². The highest BCUT2D eigenvalue weighted by Gasteiger charge is 2.16. The van der Waals surface area contributed by atoms with Gasteiger partial charge in [0.1, 0.15) is 18.1 Å². The second kappa shape index (κ2) is 9.15. The van der Waals surface area contributed by atoms with E-state index in [1.54, 1.807) is 37.4 Å². The molecular weight excluding hydrogens is 422 g/mol. The average molecular weight is 439 g/mol. The number of hydrogen-bond acceptors (Lipinski definition) is 5. The smallest absolute Gasteiger partial charge is 0.299 e. The monoisotopic (exact) mass is 438 g/mol. The number of nitrogens with zero attached hydrogens (tertiary/aromatic N) is 3. The van der Waals surface area contributed by atoms with Crippen LogP contribution in [0.2, 0.25) is 5.02 Å². The highest BCUT2D eigenvalue weighted by Crippen LogP contribution is 2.25. The van der Waals surface area contributed by atoms with Gasteiger partial charge in [0.2, 0.25) is 10.6 Å². The third kappa shape index (κ3) is 4.99. The number of rotatable bonds is 7. The first kappa shape index (κ1) is 20.9. The summed E-state index contributed by atoms with van der Waals surface area (Å²) in [6.07, 6.45) is -1.39. The topological polar surface area (TPSA) is 64.4 Å². The zero-order valence-corrected chi connectivity index (χ0v) is 17.1. The Morgan fingerprint density at radius 1 is 1.31 bits per heavy atom. The van der Waals surface area contributed by atoms with Crippen molar-refractivity contribution in [1.29, 1.82) is 0 Å². The molecule has 6 nitrogen and oxygen atoms in total. The number of nitrogens with one attached hydrogen (secondary N) is 1. The summed E-state index contributed by atoms with van der Waals surface area (Å²) in [5.41, 5.74) is 2.32. The maximum atomic E-state index is 13.0. The van der Waals surface area contributed by atoms with E-state index >= 15 is 0 Å². The Morgan fingerprint density at radius 2 is 2.10 bits per heavy atom. The quantitative estimate of drug-likeness (QED) is 0.401. The molecule has 0 radical (unpaired) electrons. The number of aryl methyl sites for hydroxylation is 1. The van der Waals surface area contributed by atoms with E-state index in [0.29, 0.717) is 22.1 Å². The maximum Gasteiger partial charge on any atom is 0.299 e. The van der Waals surface area contributed by atoms with Crippen molar-refractivity contribution in [2.45, 2.75) is 20.0 Å². The molecule has 3 aromatic rings. The van der Waals surface area contributed by atoms with Gasteiger partial charge >= 0.3 is 0 Å². The van der Waals surface area contributed by atoms with E-state index in [-0.39, 0.29) is 11.4 Å². The van der Waals surface area contributed by atoms with E-state index in [0.717, 1.165) is 15.8 Å². The molecule has 29 heavy (non-hydrogen) atoms. The second-order valence-electron chi connectivity index (χ2n) is 6.01. The molecule has 0 aliphatic carbocycles. The first-order valence-electron chi connectivity index (χ1n) is 8.44. The zero-order chi connectivity index (χ0) is 21.0. The lowest BCUT2D eigenvalue weighted by Gasteiger charge is -2.12. The van der Waals surface area contributed by atoms with Crippen molar-refractivity contribution >= 4 is 30.0 Å². The van der Waals surface area contributed by atoms with Gasteiger partial charge < -0.3 is 9.47 Å². The Hall–Kier alpha value is -2.78. The molecule has 0 bridgehead atoms. The summed E-state index contributed by atoms with van der Waals surface area (Å²) in [6.45, 7) is 2.13. The summed E-state index contributed by atoms with van der Waals surface area (Å²) in [4.78, 5) is 0. The highest BCUT2D eigenvalue weighted by molar-refractivity contribution is 7.71. The Kier molecular flexibility index (Phi) is 6.60. The van der Waals surface area contributed by atoms with Gasteiger partial charge in [-0.15, -0.1) is 0 Å². The van der Waals surface area contributed by atoms with Gasteiger partial charge in [-0.1, -0.05) is 11.6 Å². The lowest BCUT2D eigenvalue weighted by Crippen LogP contribution is -2.02. The average Bonchev–Trinajstić information content (AvgIpc) is 3.08. The molecule has 1 aromatic heterocycles. The normalized spacial score (nSPS) is 11.4. The lowest BCUT2D eigenvalue weighted by molar-refractivity contribution is 0.136. The third-order valence-corrected chi connectivity index (χ3v) is 4.71. The fourth-order valence-corrected chi connectivity index (χ4v) is 2.84. The number of aromatic nitrogens is 3. The molecule has 1 heterocycles. The number of aromatic amines is 1. The molecule has 10 heteroatoms. The van der Waals surface area contributed by atoms with Crippen molar-refractivity contribution in [3.8, 4) is 11.5 Å². The van der Waals surface area contributed by atoms with Crippen molar-refractivity contribution in [2.75, 3.05) is 7.11 Å². The number of alkyl halides is 2. The van der Waals surface area contributed by atoms with E-state index in [1.165, 1.54) is 6.21 Å². The van der Waals surface area contributed by atoms with E-state index in [1.807, 2.05) is 13.0 Å². The van der Waals surface area contributed by atoms with Crippen LogP contribution in [0.5, 0.6) is 11.5 Å². The van der Waals surface area contributed by atoms with Gasteiger partial charge in [-0.3, -0.25) is 0 Å². The van der Waals surface area contributed by atoms with E-state index in [4.69, 9.17) is 33.3 Å². The Bertz CT molecular complexity index is 1100. The molecule has 2 aromatic carbocycles. The number of hydrogen-bond donors (Lipinski definition) is 1. The molecule has 1 N–H and O–H groups in total. The first-order chi connectivity index (χ1) is 13.9. The van der Waals surface area contributed by atoms with Crippen molar-refractivity contribution in [2.24, 2.45) is 5.10 Å². The maximum absolute atomic E-state index is 13.0. The van der Waals surface area contributed by atoms with Crippen LogP contribution < -0.4 is 9.47 Å². The van der Waals surface area contributed by atoms with Crippen LogP contribution in [0, 0.1) is 11.7 Å². The SMILES string of the molecule is COc1ccc(/C=N\n2c(C(F)F)n[nH]c2=S)cc1COc1ccc(Cl)c(C)c1. The van der Waals surface area contributed by atoms with Crippen LogP contribution in [-0.4, -0.2) is 28.2 Å². The van der Waals surface area contributed by atoms with Gasteiger partial charge in [0.15, 0.2) is 0 Å². The van der Waals surface area contributed by atoms with Crippen LogP contribution in [0.15, 0.2) is 41.5 Å². The number of benzene rings is 2. The predicted molar refractivity (Wildman–Crippen MR) is 109 cm³/mol. The molecule has 0 saturated heterocycles. The molecule has 3 rings (SSSR count). The van der Waals surface area contributed by atoms with E-state index < -0.39 is 12.2 Å². The van der Waals surface area contributed by atoms with Gasteiger partial charge in [-0.25, -0.2) is 13.9 Å². The second-order valence-corrected chi connectivity index (χ2v) is 6.81.